The summed E-state index contributed by atoms with van der Waals surface area (Å²) in [6.45, 7) is 4.29. The standard InChI is InChI=1S/C16H23NO6S2.Na/c1-13-16(2,9-5-11-24(18,19)20)14-7-3-4-8-15(14)17(13)10-6-12-25(21,22)23;/h3-4,7-8H,5-6,9-12H2,1-2H3,(H-,18,19,20,21,22,23);/q;+1/p-1. The monoisotopic (exact) mass is 411 g/mol. The van der Waals surface area contributed by atoms with Gasteiger partial charge in [0.05, 0.1) is 25.7 Å². The maximum Gasteiger partial charge on any atom is 1.00 e. The fraction of sp³-hybridized carbons (Fsp3) is 0.562. The van der Waals surface area contributed by atoms with Gasteiger partial charge in [-0.05, 0) is 19.8 Å². The summed E-state index contributed by atoms with van der Waals surface area (Å²) < 4.78 is 67.1. The molecule has 0 aliphatic carbocycles. The van der Waals surface area contributed by atoms with E-state index in [1.54, 1.807) is 0 Å². The predicted molar refractivity (Wildman–Crippen MR) is 92.2 cm³/mol. The number of fused-ring (bicyclic) bond motifs is 1. The molecule has 0 amide bonds. The molecular formula is C16H22NNaO6S2. The predicted octanol–water partition coefficient (Wildman–Crippen LogP) is -1.67. The number of nitrogens with zero attached hydrogens (tertiary/aromatic N) is 1. The first-order valence-electron chi connectivity index (χ1n) is 8.02. The van der Waals surface area contributed by atoms with Crippen LogP contribution in [0.3, 0.4) is 0 Å². The van der Waals surface area contributed by atoms with Gasteiger partial charge in [0, 0.05) is 36.5 Å². The minimum atomic E-state index is -4.26. The minimum absolute atomic E-state index is 0. The largest absolute Gasteiger partial charge is 1.00 e. The molecular weight excluding hydrogens is 389 g/mol. The van der Waals surface area contributed by atoms with E-state index >= 15 is 0 Å². The quantitative estimate of drug-likeness (QED) is 0.287. The van der Waals surface area contributed by atoms with Gasteiger partial charge in [0.15, 0.2) is 5.71 Å². The molecule has 0 N–H and O–H groups in total. The van der Waals surface area contributed by atoms with Gasteiger partial charge in [0.25, 0.3) is 0 Å². The van der Waals surface area contributed by atoms with E-state index in [9.17, 15) is 25.9 Å². The van der Waals surface area contributed by atoms with Crippen LogP contribution >= 0.6 is 0 Å². The van der Waals surface area contributed by atoms with E-state index < -0.39 is 37.2 Å². The molecule has 1 aliphatic rings. The molecule has 1 unspecified atom stereocenters. The maximum atomic E-state index is 10.9. The maximum absolute atomic E-state index is 10.9. The molecule has 1 atom stereocenters. The van der Waals surface area contributed by atoms with Gasteiger partial charge < -0.3 is 9.11 Å². The van der Waals surface area contributed by atoms with Crippen LogP contribution in [0, 0.1) is 0 Å². The number of para-hydroxylation sites is 1. The third-order valence-corrected chi connectivity index (χ3v) is 6.42. The van der Waals surface area contributed by atoms with Gasteiger partial charge >= 0.3 is 29.6 Å². The first-order valence-corrected chi connectivity index (χ1v) is 11.2. The van der Waals surface area contributed by atoms with Crippen LogP contribution < -0.4 is 29.6 Å². The van der Waals surface area contributed by atoms with Gasteiger partial charge in [-0.15, -0.1) is 0 Å². The second kappa shape index (κ2) is 8.81. The number of hydrogen-bond donors (Lipinski definition) is 0. The zero-order chi connectivity index (χ0) is 18.9. The molecule has 0 bridgehead atoms. The molecule has 0 radical (unpaired) electrons. The first kappa shape index (κ1) is 23.7. The van der Waals surface area contributed by atoms with Gasteiger partial charge in [-0.2, -0.15) is 4.58 Å². The van der Waals surface area contributed by atoms with Crippen LogP contribution in [-0.2, 0) is 25.7 Å². The zero-order valence-corrected chi connectivity index (χ0v) is 18.9. The van der Waals surface area contributed by atoms with Crippen molar-refractivity contribution >= 4 is 31.6 Å². The van der Waals surface area contributed by atoms with Crippen molar-refractivity contribution in [2.45, 2.75) is 38.5 Å². The van der Waals surface area contributed by atoms with Gasteiger partial charge in [0.2, 0.25) is 5.69 Å². The van der Waals surface area contributed by atoms with E-state index in [0.29, 0.717) is 13.0 Å². The fourth-order valence-corrected chi connectivity index (χ4v) is 4.44. The third kappa shape index (κ3) is 5.85. The molecule has 0 aromatic heterocycles. The average Bonchev–Trinajstić information content (AvgIpc) is 2.67. The summed E-state index contributed by atoms with van der Waals surface area (Å²) in [5.41, 5.74) is 2.47. The second-order valence-electron chi connectivity index (χ2n) is 6.57. The van der Waals surface area contributed by atoms with Crippen LogP contribution in [0.1, 0.15) is 38.7 Å². The number of rotatable bonds is 8. The van der Waals surface area contributed by atoms with Gasteiger partial charge in [-0.1, -0.05) is 18.2 Å². The summed E-state index contributed by atoms with van der Waals surface area (Å²) in [5.74, 6) is -0.837. The Kier molecular flexibility index (Phi) is 8.05. The van der Waals surface area contributed by atoms with Crippen molar-refractivity contribution in [2.24, 2.45) is 0 Å². The average molecular weight is 411 g/mol. The van der Waals surface area contributed by atoms with E-state index in [1.807, 2.05) is 42.7 Å². The summed E-state index contributed by atoms with van der Waals surface area (Å²) in [7, 11) is -8.51. The van der Waals surface area contributed by atoms with Gasteiger partial charge in [-0.3, -0.25) is 0 Å². The molecule has 7 nitrogen and oxygen atoms in total. The number of benzene rings is 1. The fourth-order valence-electron chi connectivity index (χ4n) is 3.45. The topological polar surface area (TPSA) is 117 Å². The van der Waals surface area contributed by atoms with E-state index in [0.717, 1.165) is 17.0 Å². The summed E-state index contributed by atoms with van der Waals surface area (Å²) in [6, 6.07) is 7.63. The second-order valence-corrected chi connectivity index (χ2v) is 9.61. The van der Waals surface area contributed by atoms with Gasteiger partial charge in [-0.25, -0.2) is 16.8 Å². The van der Waals surface area contributed by atoms with E-state index in [1.165, 1.54) is 0 Å². The molecule has 10 heteroatoms. The Morgan fingerprint density at radius 2 is 1.54 bits per heavy atom. The Morgan fingerprint density at radius 1 is 1.00 bits per heavy atom. The van der Waals surface area contributed by atoms with E-state index in [4.69, 9.17) is 0 Å². The molecule has 0 saturated carbocycles. The smallest absolute Gasteiger partial charge is 0.748 e. The Hall–Kier alpha value is -0.290. The molecule has 1 heterocycles. The van der Waals surface area contributed by atoms with Crippen molar-refractivity contribution < 1.29 is 60.1 Å². The summed E-state index contributed by atoms with van der Waals surface area (Å²) in [5, 5.41) is 0. The van der Waals surface area contributed by atoms with Crippen molar-refractivity contribution in [3.05, 3.63) is 29.8 Å². The van der Waals surface area contributed by atoms with E-state index in [-0.39, 0.29) is 42.4 Å². The molecule has 0 fully saturated rings. The first-order chi connectivity index (χ1) is 11.4. The Morgan fingerprint density at radius 3 is 2.12 bits per heavy atom. The van der Waals surface area contributed by atoms with Crippen molar-refractivity contribution in [3.63, 3.8) is 0 Å². The summed E-state index contributed by atoms with van der Waals surface area (Å²) >= 11 is 0. The van der Waals surface area contributed by atoms with Crippen LogP contribution in [0.25, 0.3) is 0 Å². The van der Waals surface area contributed by atoms with Crippen LogP contribution in [0.4, 0.5) is 5.69 Å². The van der Waals surface area contributed by atoms with Crippen LogP contribution in [0.15, 0.2) is 24.3 Å². The Bertz CT molecular complexity index is 895. The third-order valence-electron chi connectivity index (χ3n) is 4.84. The Labute approximate surface area is 177 Å². The van der Waals surface area contributed by atoms with Crippen molar-refractivity contribution in [1.29, 1.82) is 0 Å². The molecule has 0 spiro atoms. The zero-order valence-electron chi connectivity index (χ0n) is 15.3. The summed E-state index contributed by atoms with van der Waals surface area (Å²) in [6.07, 6.45) is 0.951. The molecule has 0 saturated heterocycles. The van der Waals surface area contributed by atoms with Gasteiger partial charge in [0.1, 0.15) is 6.54 Å². The minimum Gasteiger partial charge on any atom is -0.748 e. The van der Waals surface area contributed by atoms with Crippen LogP contribution in [0.5, 0.6) is 0 Å². The van der Waals surface area contributed by atoms with Crippen molar-refractivity contribution in [3.8, 4) is 0 Å². The Balaban J connectivity index is 0.00000338. The van der Waals surface area contributed by atoms with Crippen LogP contribution in [-0.4, -0.2) is 54.3 Å². The van der Waals surface area contributed by atoms with Crippen LogP contribution in [0.2, 0.25) is 0 Å². The molecule has 1 aliphatic heterocycles. The van der Waals surface area contributed by atoms with Crippen molar-refractivity contribution in [1.82, 2.24) is 0 Å². The molecule has 2 rings (SSSR count). The van der Waals surface area contributed by atoms with Crippen molar-refractivity contribution in [2.75, 3.05) is 18.1 Å². The molecule has 26 heavy (non-hydrogen) atoms. The normalized spacial score (nSPS) is 20.0. The molecule has 140 valence electrons. The SMILES string of the molecule is CC1=[N+](CCCS(=O)(=O)[O-])c2ccccc2C1(C)CCCS(=O)(=O)[O-].[Na+]. The number of hydrogen-bond acceptors (Lipinski definition) is 6. The molecule has 1 aromatic carbocycles. The van der Waals surface area contributed by atoms with E-state index in [2.05, 4.69) is 0 Å². The summed E-state index contributed by atoms with van der Waals surface area (Å²) in [4.78, 5) is 0. The molecule has 1 aromatic rings.